The number of aryl methyl sites for hydroxylation is 1. The van der Waals surface area contributed by atoms with Gasteiger partial charge in [0, 0.05) is 5.69 Å². The minimum Gasteiger partial charge on any atom is -0.744 e. The van der Waals surface area contributed by atoms with E-state index in [-0.39, 0.29) is 47.5 Å². The molecule has 3 aromatic rings. The third-order valence-corrected chi connectivity index (χ3v) is 5.82. The Balaban J connectivity index is 0.00000320. The van der Waals surface area contributed by atoms with Gasteiger partial charge in [-0.3, -0.25) is 0 Å². The monoisotopic (exact) mass is 459 g/mol. The van der Waals surface area contributed by atoms with Crippen molar-refractivity contribution >= 4 is 37.2 Å². The minimum atomic E-state index is -4.99. The Morgan fingerprint density at radius 2 is 1.73 bits per heavy atom. The fraction of sp³-hybridized carbons (Fsp3) is 0.111. The van der Waals surface area contributed by atoms with Gasteiger partial charge < -0.3 is 19.6 Å². The standard InChI is InChI=1S/C18H19N3O6S2.Na/c1-12-4-2-5-13(8-12)21-16-9-15(20-11-14-6-3-7-27-14)18(29(24,25)26)10-17(16)28(19,22)23;/h2-10,20-21H,11H2,1H3,(H2,19,22,23)(H,24,25,26);/q;+1/p-1. The Labute approximate surface area is 196 Å². The fourth-order valence-electron chi connectivity index (χ4n) is 2.71. The summed E-state index contributed by atoms with van der Waals surface area (Å²) in [7, 11) is -9.33. The molecule has 0 atom stereocenters. The van der Waals surface area contributed by atoms with Crippen molar-refractivity contribution in [1.29, 1.82) is 0 Å². The van der Waals surface area contributed by atoms with Gasteiger partial charge in [-0.1, -0.05) is 12.1 Å². The van der Waals surface area contributed by atoms with Gasteiger partial charge in [-0.15, -0.1) is 0 Å². The van der Waals surface area contributed by atoms with Crippen LogP contribution in [0.15, 0.2) is 69.0 Å². The summed E-state index contributed by atoms with van der Waals surface area (Å²) in [6.07, 6.45) is 1.44. The van der Waals surface area contributed by atoms with E-state index in [0.717, 1.165) is 11.6 Å². The molecule has 0 fully saturated rings. The van der Waals surface area contributed by atoms with E-state index in [1.165, 1.54) is 12.3 Å². The molecule has 30 heavy (non-hydrogen) atoms. The molecule has 0 radical (unpaired) electrons. The van der Waals surface area contributed by atoms with Gasteiger partial charge >= 0.3 is 29.6 Å². The molecule has 0 amide bonds. The zero-order valence-electron chi connectivity index (χ0n) is 16.2. The number of nitrogens with one attached hydrogen (secondary N) is 2. The third-order valence-electron chi connectivity index (χ3n) is 3.99. The first kappa shape index (κ1) is 24.4. The maximum atomic E-state index is 12.1. The van der Waals surface area contributed by atoms with E-state index in [1.807, 2.05) is 13.0 Å². The molecule has 12 heteroatoms. The Kier molecular flexibility index (Phi) is 7.74. The molecule has 9 nitrogen and oxygen atoms in total. The maximum absolute atomic E-state index is 12.1. The van der Waals surface area contributed by atoms with Crippen molar-refractivity contribution in [2.45, 2.75) is 23.3 Å². The molecule has 0 aliphatic carbocycles. The number of rotatable bonds is 7. The smallest absolute Gasteiger partial charge is 0.744 e. The van der Waals surface area contributed by atoms with Crippen LogP contribution < -0.4 is 45.3 Å². The summed E-state index contributed by atoms with van der Waals surface area (Å²) in [5, 5.41) is 11.0. The topological polar surface area (TPSA) is 155 Å². The van der Waals surface area contributed by atoms with E-state index in [4.69, 9.17) is 9.56 Å². The summed E-state index contributed by atoms with van der Waals surface area (Å²) >= 11 is 0. The summed E-state index contributed by atoms with van der Waals surface area (Å²) in [6, 6.07) is 12.4. The Hall–Kier alpha value is -1.86. The van der Waals surface area contributed by atoms with E-state index in [2.05, 4.69) is 10.6 Å². The molecule has 0 unspecified atom stereocenters. The summed E-state index contributed by atoms with van der Waals surface area (Å²) in [5.74, 6) is 0.489. The van der Waals surface area contributed by atoms with Gasteiger partial charge in [-0.05, 0) is 48.9 Å². The molecular formula is C18H18N3NaO6S2. The first-order chi connectivity index (χ1) is 13.5. The predicted octanol–water partition coefficient (Wildman–Crippen LogP) is -0.501. The average Bonchev–Trinajstić information content (AvgIpc) is 3.11. The van der Waals surface area contributed by atoms with Crippen molar-refractivity contribution in [3.63, 3.8) is 0 Å². The zero-order valence-corrected chi connectivity index (χ0v) is 19.9. The van der Waals surface area contributed by atoms with Crippen LogP contribution in [-0.4, -0.2) is 21.4 Å². The van der Waals surface area contributed by atoms with Gasteiger partial charge in [-0.2, -0.15) is 0 Å². The van der Waals surface area contributed by atoms with Crippen LogP contribution in [0.25, 0.3) is 0 Å². The minimum absolute atomic E-state index is 0. The van der Waals surface area contributed by atoms with Crippen LogP contribution in [-0.2, 0) is 26.7 Å². The number of hydrogen-bond donors (Lipinski definition) is 3. The van der Waals surface area contributed by atoms with Crippen molar-refractivity contribution in [1.82, 2.24) is 0 Å². The number of furan rings is 1. The first-order valence-corrected chi connectivity index (χ1v) is 11.3. The second-order valence-electron chi connectivity index (χ2n) is 6.27. The van der Waals surface area contributed by atoms with Gasteiger partial charge in [0.2, 0.25) is 10.0 Å². The van der Waals surface area contributed by atoms with Crippen LogP contribution in [0.1, 0.15) is 11.3 Å². The second-order valence-corrected chi connectivity index (χ2v) is 9.15. The molecule has 1 heterocycles. The molecule has 1 aromatic heterocycles. The summed E-state index contributed by atoms with van der Waals surface area (Å²) in [4.78, 5) is -1.25. The third kappa shape index (κ3) is 6.08. The largest absolute Gasteiger partial charge is 1.00 e. The molecule has 154 valence electrons. The summed E-state index contributed by atoms with van der Waals surface area (Å²) in [6.45, 7) is 1.93. The van der Waals surface area contributed by atoms with Gasteiger partial charge in [0.1, 0.15) is 20.8 Å². The van der Waals surface area contributed by atoms with Crippen molar-refractivity contribution in [2.75, 3.05) is 10.6 Å². The van der Waals surface area contributed by atoms with Crippen molar-refractivity contribution < 1.29 is 55.4 Å². The number of nitrogens with two attached hydrogens (primary N) is 1. The van der Waals surface area contributed by atoms with Crippen molar-refractivity contribution in [3.8, 4) is 0 Å². The quantitative estimate of drug-likeness (QED) is 0.316. The Bertz CT molecular complexity index is 1240. The number of benzene rings is 2. The van der Waals surface area contributed by atoms with E-state index in [1.54, 1.807) is 30.3 Å². The molecule has 3 rings (SSSR count). The first-order valence-electron chi connectivity index (χ1n) is 8.31. The molecule has 0 aliphatic heterocycles. The van der Waals surface area contributed by atoms with Gasteiger partial charge in [-0.25, -0.2) is 22.0 Å². The van der Waals surface area contributed by atoms with Crippen molar-refractivity contribution in [3.05, 3.63) is 66.1 Å². The van der Waals surface area contributed by atoms with Crippen LogP contribution in [0.4, 0.5) is 17.1 Å². The van der Waals surface area contributed by atoms with Crippen molar-refractivity contribution in [2.24, 2.45) is 5.14 Å². The molecule has 0 bridgehead atoms. The maximum Gasteiger partial charge on any atom is 1.00 e. The van der Waals surface area contributed by atoms with E-state index < -0.39 is 29.9 Å². The molecule has 0 spiro atoms. The van der Waals surface area contributed by atoms with E-state index in [9.17, 15) is 21.4 Å². The molecule has 0 aliphatic rings. The predicted molar refractivity (Wildman–Crippen MR) is 106 cm³/mol. The fourth-order valence-corrected chi connectivity index (χ4v) is 4.15. The number of anilines is 3. The molecule has 0 saturated heterocycles. The summed E-state index contributed by atoms with van der Waals surface area (Å²) < 4.78 is 64.5. The van der Waals surface area contributed by atoms with Crippen LogP contribution in [0.5, 0.6) is 0 Å². The van der Waals surface area contributed by atoms with Crippen LogP contribution in [0, 0.1) is 6.92 Å². The van der Waals surface area contributed by atoms with Gasteiger partial charge in [0.25, 0.3) is 0 Å². The number of hydrogen-bond acceptors (Lipinski definition) is 8. The Morgan fingerprint density at radius 1 is 1.00 bits per heavy atom. The van der Waals surface area contributed by atoms with Gasteiger partial charge in [0.15, 0.2) is 0 Å². The van der Waals surface area contributed by atoms with Crippen LogP contribution in [0.2, 0.25) is 0 Å². The SMILES string of the molecule is Cc1cccc(Nc2cc(NCc3ccco3)c(S(=O)(=O)[O-])cc2S(N)(=O)=O)c1.[Na+]. The molecule has 2 aromatic carbocycles. The zero-order chi connectivity index (χ0) is 21.2. The van der Waals surface area contributed by atoms with E-state index >= 15 is 0 Å². The van der Waals surface area contributed by atoms with E-state index in [0.29, 0.717) is 11.4 Å². The van der Waals surface area contributed by atoms with Crippen LogP contribution in [0.3, 0.4) is 0 Å². The number of sulfonamides is 1. The second kappa shape index (κ2) is 9.52. The van der Waals surface area contributed by atoms with Gasteiger partial charge in [0.05, 0.1) is 29.1 Å². The molecule has 4 N–H and O–H groups in total. The molecular weight excluding hydrogens is 441 g/mol. The Morgan fingerprint density at radius 3 is 2.30 bits per heavy atom. The summed E-state index contributed by atoms with van der Waals surface area (Å²) in [5.41, 5.74) is 1.41. The van der Waals surface area contributed by atoms with Crippen LogP contribution >= 0.6 is 0 Å². The average molecular weight is 459 g/mol. The molecule has 0 saturated carbocycles. The normalized spacial score (nSPS) is 11.6. The number of primary sulfonamides is 1.